The van der Waals surface area contributed by atoms with Crippen molar-refractivity contribution in [2.75, 3.05) is 12.4 Å². The molecule has 3 heteroatoms. The molecule has 1 atom stereocenters. The molecule has 0 heterocycles. The van der Waals surface area contributed by atoms with Gasteiger partial charge in [0, 0.05) is 18.8 Å². The fourth-order valence-electron chi connectivity index (χ4n) is 1.39. The maximum absolute atomic E-state index is 12.1. The Morgan fingerprint density at radius 2 is 1.82 bits per heavy atom. The number of hydrogen-bond acceptors (Lipinski definition) is 2. The lowest BCUT2D eigenvalue weighted by Gasteiger charge is -2.28. The first-order chi connectivity index (χ1) is 7.86. The molecule has 0 radical (unpaired) electrons. The van der Waals surface area contributed by atoms with Crippen LogP contribution in [-0.2, 0) is 0 Å². The summed E-state index contributed by atoms with van der Waals surface area (Å²) in [4.78, 5) is 12.1. The lowest BCUT2D eigenvalue weighted by molar-refractivity contribution is 0.0911. The first-order valence-corrected chi connectivity index (χ1v) is 5.94. The molecule has 17 heavy (non-hydrogen) atoms. The summed E-state index contributed by atoms with van der Waals surface area (Å²) in [7, 11) is 1.82. The summed E-state index contributed by atoms with van der Waals surface area (Å²) in [5, 5.41) is 6.06. The smallest absolute Gasteiger partial charge is 0.253 e. The fraction of sp³-hybridized carbons (Fsp3) is 0.500. The molecule has 0 bridgehead atoms. The molecule has 94 valence electrons. The Labute approximate surface area is 104 Å². The summed E-state index contributed by atoms with van der Waals surface area (Å²) >= 11 is 0. The van der Waals surface area contributed by atoms with Crippen LogP contribution in [0.5, 0.6) is 0 Å². The van der Waals surface area contributed by atoms with Crippen molar-refractivity contribution < 1.29 is 4.79 Å². The van der Waals surface area contributed by atoms with E-state index in [-0.39, 0.29) is 17.4 Å². The molecule has 0 aliphatic heterocycles. The normalized spacial score (nSPS) is 13.0. The minimum Gasteiger partial charge on any atom is -0.387 e. The van der Waals surface area contributed by atoms with Gasteiger partial charge in [0.05, 0.1) is 5.56 Å². The zero-order valence-corrected chi connectivity index (χ0v) is 11.3. The van der Waals surface area contributed by atoms with E-state index in [4.69, 9.17) is 0 Å². The van der Waals surface area contributed by atoms with E-state index < -0.39 is 0 Å². The number of hydrogen-bond donors (Lipinski definition) is 2. The molecule has 1 aromatic rings. The molecule has 0 spiro atoms. The van der Waals surface area contributed by atoms with Gasteiger partial charge in [-0.05, 0) is 24.5 Å². The monoisotopic (exact) mass is 234 g/mol. The molecular weight excluding hydrogens is 212 g/mol. The maximum Gasteiger partial charge on any atom is 0.253 e. The highest BCUT2D eigenvalue weighted by Gasteiger charge is 2.22. The highest BCUT2D eigenvalue weighted by Crippen LogP contribution is 2.20. The lowest BCUT2D eigenvalue weighted by atomic mass is 9.88. The van der Waals surface area contributed by atoms with Crippen LogP contribution < -0.4 is 10.6 Å². The molecule has 0 saturated carbocycles. The molecule has 0 aliphatic rings. The molecule has 3 nitrogen and oxygen atoms in total. The number of anilines is 1. The minimum absolute atomic E-state index is 0.0302. The predicted octanol–water partition coefficient (Wildman–Crippen LogP) is 2.89. The summed E-state index contributed by atoms with van der Waals surface area (Å²) < 4.78 is 0. The van der Waals surface area contributed by atoms with Gasteiger partial charge in [-0.15, -0.1) is 0 Å². The Bertz CT molecular complexity index is 393. The van der Waals surface area contributed by atoms with Crippen LogP contribution in [0.4, 0.5) is 5.69 Å². The zero-order chi connectivity index (χ0) is 13.1. The van der Waals surface area contributed by atoms with E-state index in [2.05, 4.69) is 31.4 Å². The van der Waals surface area contributed by atoms with Crippen molar-refractivity contribution in [1.29, 1.82) is 0 Å². The van der Waals surface area contributed by atoms with E-state index >= 15 is 0 Å². The molecule has 1 rings (SSSR count). The SMILES string of the molecule is CNc1ccccc1C(=O)NC(C)C(C)(C)C. The third-order valence-corrected chi connectivity index (χ3v) is 3.09. The van der Waals surface area contributed by atoms with Crippen LogP contribution in [0.25, 0.3) is 0 Å². The average molecular weight is 234 g/mol. The van der Waals surface area contributed by atoms with Crippen molar-refractivity contribution in [3.05, 3.63) is 29.8 Å². The van der Waals surface area contributed by atoms with Crippen molar-refractivity contribution in [3.8, 4) is 0 Å². The van der Waals surface area contributed by atoms with Gasteiger partial charge in [0.1, 0.15) is 0 Å². The standard InChI is InChI=1S/C14H22N2O/c1-10(14(2,3)4)16-13(17)11-8-6-7-9-12(11)15-5/h6-10,15H,1-5H3,(H,16,17). The molecule has 0 aromatic heterocycles. The second kappa shape index (κ2) is 5.21. The number of carbonyl (C=O) groups excluding carboxylic acids is 1. The van der Waals surface area contributed by atoms with Gasteiger partial charge in [-0.2, -0.15) is 0 Å². The molecule has 0 saturated heterocycles. The van der Waals surface area contributed by atoms with Crippen molar-refractivity contribution in [2.45, 2.75) is 33.7 Å². The van der Waals surface area contributed by atoms with Crippen LogP contribution in [0.15, 0.2) is 24.3 Å². The Morgan fingerprint density at radius 3 is 2.35 bits per heavy atom. The van der Waals surface area contributed by atoms with Crippen molar-refractivity contribution in [3.63, 3.8) is 0 Å². The van der Waals surface area contributed by atoms with Gasteiger partial charge >= 0.3 is 0 Å². The zero-order valence-electron chi connectivity index (χ0n) is 11.3. The van der Waals surface area contributed by atoms with E-state index in [9.17, 15) is 4.79 Å². The number of amides is 1. The van der Waals surface area contributed by atoms with E-state index in [1.165, 1.54) is 0 Å². The topological polar surface area (TPSA) is 41.1 Å². The second-order valence-corrected chi connectivity index (χ2v) is 5.36. The summed E-state index contributed by atoms with van der Waals surface area (Å²) in [5.74, 6) is -0.0302. The number of carbonyl (C=O) groups is 1. The summed E-state index contributed by atoms with van der Waals surface area (Å²) in [5.41, 5.74) is 1.60. The number of rotatable bonds is 3. The molecule has 1 unspecified atom stereocenters. The van der Waals surface area contributed by atoms with E-state index in [0.717, 1.165) is 5.69 Å². The van der Waals surface area contributed by atoms with Crippen LogP contribution in [-0.4, -0.2) is 19.0 Å². The van der Waals surface area contributed by atoms with Crippen LogP contribution >= 0.6 is 0 Å². The van der Waals surface area contributed by atoms with E-state index in [1.807, 2.05) is 38.2 Å². The third kappa shape index (κ3) is 3.48. The lowest BCUT2D eigenvalue weighted by Crippen LogP contribution is -2.41. The van der Waals surface area contributed by atoms with Crippen molar-refractivity contribution >= 4 is 11.6 Å². The second-order valence-electron chi connectivity index (χ2n) is 5.36. The summed E-state index contributed by atoms with van der Waals surface area (Å²) in [6.45, 7) is 8.37. The molecule has 1 aromatic carbocycles. The fourth-order valence-corrected chi connectivity index (χ4v) is 1.39. The Morgan fingerprint density at radius 1 is 1.24 bits per heavy atom. The minimum atomic E-state index is -0.0302. The Kier molecular flexibility index (Phi) is 4.16. The van der Waals surface area contributed by atoms with Crippen LogP contribution in [0.2, 0.25) is 0 Å². The Balaban J connectivity index is 2.84. The molecule has 1 amide bonds. The number of para-hydroxylation sites is 1. The highest BCUT2D eigenvalue weighted by molar-refractivity contribution is 5.99. The van der Waals surface area contributed by atoms with Gasteiger partial charge in [-0.3, -0.25) is 4.79 Å². The summed E-state index contributed by atoms with van der Waals surface area (Å²) in [6.07, 6.45) is 0. The van der Waals surface area contributed by atoms with Crippen LogP contribution in [0, 0.1) is 5.41 Å². The van der Waals surface area contributed by atoms with Gasteiger partial charge < -0.3 is 10.6 Å². The van der Waals surface area contributed by atoms with Gasteiger partial charge in [-0.25, -0.2) is 0 Å². The number of benzene rings is 1. The average Bonchev–Trinajstić information content (AvgIpc) is 2.27. The summed E-state index contributed by atoms with van der Waals surface area (Å²) in [6, 6.07) is 7.64. The van der Waals surface area contributed by atoms with Crippen molar-refractivity contribution in [2.24, 2.45) is 5.41 Å². The highest BCUT2D eigenvalue weighted by atomic mass is 16.1. The number of nitrogens with one attached hydrogen (secondary N) is 2. The van der Waals surface area contributed by atoms with Gasteiger partial charge in [0.2, 0.25) is 0 Å². The first-order valence-electron chi connectivity index (χ1n) is 5.94. The largest absolute Gasteiger partial charge is 0.387 e. The van der Waals surface area contributed by atoms with E-state index in [1.54, 1.807) is 0 Å². The van der Waals surface area contributed by atoms with Gasteiger partial charge in [0.25, 0.3) is 5.91 Å². The van der Waals surface area contributed by atoms with Crippen molar-refractivity contribution in [1.82, 2.24) is 5.32 Å². The van der Waals surface area contributed by atoms with Gasteiger partial charge in [-0.1, -0.05) is 32.9 Å². The molecule has 2 N–H and O–H groups in total. The quantitative estimate of drug-likeness (QED) is 0.844. The van der Waals surface area contributed by atoms with Gasteiger partial charge in [0.15, 0.2) is 0 Å². The predicted molar refractivity (Wildman–Crippen MR) is 72.4 cm³/mol. The first kappa shape index (κ1) is 13.6. The third-order valence-electron chi connectivity index (χ3n) is 3.09. The van der Waals surface area contributed by atoms with Crippen LogP contribution in [0.1, 0.15) is 38.1 Å². The molecule has 0 fully saturated rings. The Hall–Kier alpha value is -1.51. The molecule has 0 aliphatic carbocycles. The maximum atomic E-state index is 12.1. The molecular formula is C14H22N2O. The van der Waals surface area contributed by atoms with E-state index in [0.29, 0.717) is 5.56 Å². The van der Waals surface area contributed by atoms with Crippen LogP contribution in [0.3, 0.4) is 0 Å².